The smallest absolute Gasteiger partial charge is 0.277 e. The largest absolute Gasteiger partial charge is 0.355 e. The Morgan fingerprint density at radius 2 is 1.05 bits per heavy atom. The van der Waals surface area contributed by atoms with Gasteiger partial charge in [0.25, 0.3) is 5.69 Å². The number of hydrogen-bond acceptors (Lipinski definition) is 4. The van der Waals surface area contributed by atoms with Crippen LogP contribution in [0, 0.1) is 24.0 Å². The molecule has 0 atom stereocenters. The van der Waals surface area contributed by atoms with E-state index in [1.165, 1.54) is 22.3 Å². The van der Waals surface area contributed by atoms with Gasteiger partial charge in [-0.05, 0) is 109 Å². The Kier molecular flexibility index (Phi) is 7.34. The number of aromatic amines is 2. The number of para-hydroxylation sites is 1. The van der Waals surface area contributed by atoms with E-state index in [2.05, 4.69) is 81.8 Å². The Morgan fingerprint density at radius 3 is 1.47 bits per heavy atom. The molecular weight excluding hydrogens is 534 g/mol. The van der Waals surface area contributed by atoms with Crippen LogP contribution in [0.2, 0.25) is 0 Å². The third-order valence-electron chi connectivity index (χ3n) is 8.72. The van der Waals surface area contributed by atoms with Gasteiger partial charge in [-0.1, -0.05) is 39.8 Å². The van der Waals surface area contributed by atoms with Crippen molar-refractivity contribution in [2.75, 3.05) is 0 Å². The summed E-state index contributed by atoms with van der Waals surface area (Å²) in [6, 6.07) is 17.5. The van der Waals surface area contributed by atoms with Crippen LogP contribution in [0.3, 0.4) is 0 Å². The maximum Gasteiger partial charge on any atom is 0.277 e. The minimum Gasteiger partial charge on any atom is -0.355 e. The molecule has 2 aliphatic heterocycles. The molecule has 0 aliphatic carbocycles. The number of nitro benzene ring substituents is 1. The van der Waals surface area contributed by atoms with Gasteiger partial charge in [0.1, 0.15) is 0 Å². The third-order valence-corrected chi connectivity index (χ3v) is 8.72. The fourth-order valence-corrected chi connectivity index (χ4v) is 6.60. The zero-order chi connectivity index (χ0) is 30.4. The molecule has 6 rings (SSSR count). The molecule has 0 fully saturated rings. The molecule has 0 spiro atoms. The Bertz CT molecular complexity index is 1910. The predicted molar refractivity (Wildman–Crippen MR) is 177 cm³/mol. The minimum absolute atomic E-state index is 0.0596. The van der Waals surface area contributed by atoms with E-state index in [1.54, 1.807) is 12.1 Å². The van der Waals surface area contributed by atoms with E-state index in [-0.39, 0.29) is 10.6 Å². The zero-order valence-corrected chi connectivity index (χ0v) is 25.7. The van der Waals surface area contributed by atoms with Crippen LogP contribution in [-0.2, 0) is 0 Å². The van der Waals surface area contributed by atoms with Gasteiger partial charge in [0.15, 0.2) is 0 Å². The Labute approximate surface area is 251 Å². The summed E-state index contributed by atoms with van der Waals surface area (Å²) in [6.07, 6.45) is 3.50. The van der Waals surface area contributed by atoms with E-state index in [0.29, 0.717) is 5.56 Å². The number of allylic oxidation sites excluding steroid dienone is 4. The number of nitrogens with one attached hydrogen (secondary N) is 2. The summed E-state index contributed by atoms with van der Waals surface area (Å²) < 4.78 is 0. The van der Waals surface area contributed by atoms with Crippen LogP contribution in [0.5, 0.6) is 0 Å². The van der Waals surface area contributed by atoms with Crippen LogP contribution < -0.4 is 0 Å². The van der Waals surface area contributed by atoms with Gasteiger partial charge in [-0.3, -0.25) is 10.1 Å². The van der Waals surface area contributed by atoms with Crippen molar-refractivity contribution in [2.45, 2.75) is 67.2 Å². The first kappa shape index (κ1) is 28.3. The highest BCUT2D eigenvalue weighted by Crippen LogP contribution is 2.40. The summed E-state index contributed by atoms with van der Waals surface area (Å²) in [6.45, 7) is 12.9. The summed E-state index contributed by atoms with van der Waals surface area (Å²) in [4.78, 5) is 29.5. The average Bonchev–Trinajstić information content (AvgIpc) is 3.72. The molecule has 1 aromatic carbocycles. The second-order valence-corrected chi connectivity index (χ2v) is 11.2. The second kappa shape index (κ2) is 11.1. The molecule has 7 nitrogen and oxygen atoms in total. The normalized spacial score (nSPS) is 13.3. The Hall–Kier alpha value is -4.78. The molecular formula is C36H37N5O2. The molecule has 0 amide bonds. The van der Waals surface area contributed by atoms with E-state index in [9.17, 15) is 10.1 Å². The summed E-state index contributed by atoms with van der Waals surface area (Å²) >= 11 is 0. The van der Waals surface area contributed by atoms with Gasteiger partial charge < -0.3 is 9.97 Å². The van der Waals surface area contributed by atoms with Gasteiger partial charge >= 0.3 is 0 Å². The maximum absolute atomic E-state index is 12.2. The summed E-state index contributed by atoms with van der Waals surface area (Å²) in [5.74, 6) is 0. The summed E-state index contributed by atoms with van der Waals surface area (Å²) in [5.41, 5.74) is 15.8. The SMILES string of the molecule is CCC1=C(CC)c2cc3[nH]c(cc3C)c(-c3ccccc3[N+](=O)[O-])c3cc(C)c(cc4nc(cc1n2)C(CC)=C4CC)[nH]3. The highest BCUT2D eigenvalue weighted by molar-refractivity contribution is 5.99. The predicted octanol–water partition coefficient (Wildman–Crippen LogP) is 9.97. The van der Waals surface area contributed by atoms with Crippen molar-refractivity contribution in [3.8, 4) is 11.1 Å². The third kappa shape index (κ3) is 4.79. The van der Waals surface area contributed by atoms with Crippen molar-refractivity contribution in [2.24, 2.45) is 0 Å². The van der Waals surface area contributed by atoms with Crippen LogP contribution in [0.4, 0.5) is 5.69 Å². The fraction of sp³-hybridized carbons (Fsp3) is 0.278. The molecule has 0 saturated heterocycles. The number of H-pyrrole nitrogens is 2. The van der Waals surface area contributed by atoms with Crippen LogP contribution in [0.25, 0.3) is 55.5 Å². The van der Waals surface area contributed by atoms with Crippen molar-refractivity contribution in [3.05, 3.63) is 98.6 Å². The molecule has 43 heavy (non-hydrogen) atoms. The van der Waals surface area contributed by atoms with Gasteiger partial charge in [0.2, 0.25) is 0 Å². The number of hydrogen-bond donors (Lipinski definition) is 2. The average molecular weight is 572 g/mol. The van der Waals surface area contributed by atoms with Gasteiger partial charge in [-0.25, -0.2) is 9.97 Å². The van der Waals surface area contributed by atoms with Crippen molar-refractivity contribution in [1.82, 2.24) is 19.9 Å². The molecule has 3 aromatic heterocycles. The summed E-state index contributed by atoms with van der Waals surface area (Å²) in [5, 5.41) is 12.2. The Morgan fingerprint density at radius 1 is 0.628 bits per heavy atom. The quantitative estimate of drug-likeness (QED) is 0.178. The van der Waals surface area contributed by atoms with Crippen molar-refractivity contribution >= 4 is 50.0 Å². The van der Waals surface area contributed by atoms with Crippen molar-refractivity contribution in [1.29, 1.82) is 0 Å². The van der Waals surface area contributed by atoms with Gasteiger partial charge in [-0.15, -0.1) is 0 Å². The van der Waals surface area contributed by atoms with Crippen LogP contribution in [0.1, 0.15) is 87.3 Å². The second-order valence-electron chi connectivity index (χ2n) is 11.2. The first-order valence-electron chi connectivity index (χ1n) is 15.2. The molecule has 4 aromatic rings. The maximum atomic E-state index is 12.2. The van der Waals surface area contributed by atoms with E-state index in [0.717, 1.165) is 87.2 Å². The van der Waals surface area contributed by atoms with Gasteiger partial charge in [-0.2, -0.15) is 0 Å². The van der Waals surface area contributed by atoms with Crippen molar-refractivity contribution in [3.63, 3.8) is 0 Å². The molecule has 8 bridgehead atoms. The van der Waals surface area contributed by atoms with Crippen LogP contribution in [0.15, 0.2) is 54.6 Å². The molecule has 5 heterocycles. The lowest BCUT2D eigenvalue weighted by Gasteiger charge is -2.05. The van der Waals surface area contributed by atoms with E-state index in [4.69, 9.17) is 9.97 Å². The number of benzene rings is 1. The zero-order valence-electron chi connectivity index (χ0n) is 25.7. The first-order chi connectivity index (χ1) is 20.8. The molecule has 218 valence electrons. The number of fused-ring (bicyclic) bond motifs is 8. The highest BCUT2D eigenvalue weighted by atomic mass is 16.6. The number of nitrogens with zero attached hydrogens (tertiary/aromatic N) is 3. The van der Waals surface area contributed by atoms with E-state index < -0.39 is 0 Å². The van der Waals surface area contributed by atoms with Crippen LogP contribution >= 0.6 is 0 Å². The fourth-order valence-electron chi connectivity index (χ4n) is 6.60. The highest BCUT2D eigenvalue weighted by Gasteiger charge is 2.23. The van der Waals surface area contributed by atoms with Crippen molar-refractivity contribution < 1.29 is 4.92 Å². The topological polar surface area (TPSA) is 100 Å². The number of aryl methyl sites for hydroxylation is 2. The number of rotatable bonds is 6. The molecule has 0 saturated carbocycles. The lowest BCUT2D eigenvalue weighted by Crippen LogP contribution is -1.92. The van der Waals surface area contributed by atoms with E-state index >= 15 is 0 Å². The van der Waals surface area contributed by atoms with Crippen LogP contribution in [-0.4, -0.2) is 24.9 Å². The first-order valence-corrected chi connectivity index (χ1v) is 15.2. The lowest BCUT2D eigenvalue weighted by atomic mass is 9.98. The molecule has 2 aliphatic rings. The molecule has 0 radical (unpaired) electrons. The van der Waals surface area contributed by atoms with E-state index in [1.807, 2.05) is 12.1 Å². The summed E-state index contributed by atoms with van der Waals surface area (Å²) in [7, 11) is 0. The number of aromatic nitrogens is 4. The Balaban J connectivity index is 1.83. The van der Waals surface area contributed by atoms with Gasteiger partial charge in [0.05, 0.1) is 33.3 Å². The minimum atomic E-state index is -0.312. The lowest BCUT2D eigenvalue weighted by molar-refractivity contribution is -0.384. The molecule has 7 heteroatoms. The standard InChI is InChI=1S/C36H37N5O2/c1-7-22-24(9-3)31-19-32-25(10-4)23(8-2)30(40-32)18-28-21(6)16-34(38-28)36(26-13-11-12-14-35(26)41(42)43)33-15-20(5)27(37-33)17-29(22)39-31/h11-19,37-38H,7-10H2,1-6H3. The number of nitro groups is 1. The molecule has 0 unspecified atom stereocenters. The molecule has 2 N–H and O–H groups in total. The monoisotopic (exact) mass is 571 g/mol. The van der Waals surface area contributed by atoms with Gasteiger partial charge in [0, 0.05) is 33.7 Å².